The van der Waals surface area contributed by atoms with Gasteiger partial charge in [-0.1, -0.05) is 69.3 Å². The summed E-state index contributed by atoms with van der Waals surface area (Å²) in [6, 6.07) is 15.1. The van der Waals surface area contributed by atoms with E-state index in [0.29, 0.717) is 0 Å². The zero-order valence-electron chi connectivity index (χ0n) is 20.0. The number of aromatic nitrogens is 2. The van der Waals surface area contributed by atoms with Crippen molar-refractivity contribution in [2.45, 2.75) is 32.7 Å². The number of hydrogen-bond donors (Lipinski definition) is 3. The van der Waals surface area contributed by atoms with Crippen LogP contribution in [0.1, 0.15) is 48.3 Å². The zero-order chi connectivity index (χ0) is 25.3. The molecule has 1 atom stereocenters. The number of carboxylic acids is 1. The number of rotatable bonds is 6. The predicted molar refractivity (Wildman–Crippen MR) is 130 cm³/mol. The van der Waals surface area contributed by atoms with Crippen LogP contribution in [0.2, 0.25) is 0 Å². The first-order valence-electron chi connectivity index (χ1n) is 11.3. The summed E-state index contributed by atoms with van der Waals surface area (Å²) in [6.45, 7) is 5.50. The van der Waals surface area contributed by atoms with Gasteiger partial charge >= 0.3 is 12.1 Å². The number of fused-ring (bicyclic) bond motifs is 3. The van der Waals surface area contributed by atoms with Gasteiger partial charge in [-0.15, -0.1) is 0 Å². The fourth-order valence-corrected chi connectivity index (χ4v) is 4.42. The van der Waals surface area contributed by atoms with Crippen LogP contribution in [0.15, 0.2) is 54.7 Å². The molecular weight excluding hydrogens is 448 g/mol. The molecular formula is C26H28N4O5. The van der Waals surface area contributed by atoms with Crippen molar-refractivity contribution >= 4 is 23.7 Å². The molecule has 4 rings (SSSR count). The third kappa shape index (κ3) is 4.75. The molecule has 9 heteroatoms. The Morgan fingerprint density at radius 2 is 1.63 bits per heavy atom. The van der Waals surface area contributed by atoms with Gasteiger partial charge in [-0.2, -0.15) is 5.10 Å². The number of carboxylic acid groups (broad SMARTS) is 1. The number of amides is 2. The number of carbonyl (C=O) groups is 3. The summed E-state index contributed by atoms with van der Waals surface area (Å²) in [5.41, 5.74) is 3.63. The topological polar surface area (TPSA) is 123 Å². The molecule has 2 amide bonds. The van der Waals surface area contributed by atoms with Crippen LogP contribution < -0.4 is 10.6 Å². The number of carbonyl (C=O) groups excluding carboxylic acids is 2. The predicted octanol–water partition coefficient (Wildman–Crippen LogP) is 4.01. The second-order valence-corrected chi connectivity index (χ2v) is 9.59. The lowest BCUT2D eigenvalue weighted by atomic mass is 9.86. The maximum Gasteiger partial charge on any atom is 0.407 e. The average Bonchev–Trinajstić information content (AvgIpc) is 3.32. The number of anilines is 1. The average molecular weight is 477 g/mol. The third-order valence-corrected chi connectivity index (χ3v) is 6.13. The lowest BCUT2D eigenvalue weighted by Crippen LogP contribution is -2.51. The quantitative estimate of drug-likeness (QED) is 0.494. The first-order valence-corrected chi connectivity index (χ1v) is 11.3. The minimum absolute atomic E-state index is 0.0496. The van der Waals surface area contributed by atoms with Crippen molar-refractivity contribution in [1.29, 1.82) is 0 Å². The molecule has 1 heterocycles. The molecule has 9 nitrogen and oxygen atoms in total. The van der Waals surface area contributed by atoms with Crippen LogP contribution in [-0.4, -0.2) is 45.5 Å². The number of hydrogen-bond acceptors (Lipinski definition) is 5. The van der Waals surface area contributed by atoms with E-state index in [4.69, 9.17) is 4.74 Å². The van der Waals surface area contributed by atoms with Crippen LogP contribution in [0, 0.1) is 5.41 Å². The normalized spacial score (nSPS) is 13.5. The summed E-state index contributed by atoms with van der Waals surface area (Å²) >= 11 is 0. The van der Waals surface area contributed by atoms with E-state index in [-0.39, 0.29) is 23.9 Å². The Balaban J connectivity index is 1.47. The number of aryl methyl sites for hydroxylation is 1. The summed E-state index contributed by atoms with van der Waals surface area (Å²) in [6.07, 6.45) is 0.528. The molecule has 0 fully saturated rings. The van der Waals surface area contributed by atoms with E-state index < -0.39 is 29.4 Å². The van der Waals surface area contributed by atoms with Crippen LogP contribution >= 0.6 is 0 Å². The van der Waals surface area contributed by atoms with Crippen molar-refractivity contribution in [3.63, 3.8) is 0 Å². The number of nitrogens with zero attached hydrogens (tertiary/aromatic N) is 2. The highest BCUT2D eigenvalue weighted by Gasteiger charge is 2.35. The highest BCUT2D eigenvalue weighted by atomic mass is 16.5. The molecule has 0 radical (unpaired) electrons. The largest absolute Gasteiger partial charge is 0.476 e. The molecule has 1 aliphatic rings. The van der Waals surface area contributed by atoms with Gasteiger partial charge < -0.3 is 20.5 Å². The van der Waals surface area contributed by atoms with E-state index in [2.05, 4.69) is 27.9 Å². The fraction of sp³-hybridized carbons (Fsp3) is 0.308. The number of alkyl carbamates (subject to hydrolysis) is 1. The number of aromatic carboxylic acids is 1. The van der Waals surface area contributed by atoms with Crippen molar-refractivity contribution < 1.29 is 24.2 Å². The van der Waals surface area contributed by atoms with E-state index >= 15 is 0 Å². The fourth-order valence-electron chi connectivity index (χ4n) is 4.42. The minimum Gasteiger partial charge on any atom is -0.476 e. The Kier molecular flexibility index (Phi) is 6.34. The maximum absolute atomic E-state index is 13.1. The first kappa shape index (κ1) is 24.0. The summed E-state index contributed by atoms with van der Waals surface area (Å²) in [7, 11) is 1.47. The Morgan fingerprint density at radius 3 is 2.17 bits per heavy atom. The van der Waals surface area contributed by atoms with Crippen LogP contribution in [0.4, 0.5) is 10.5 Å². The van der Waals surface area contributed by atoms with Gasteiger partial charge in [-0.3, -0.25) is 9.48 Å². The van der Waals surface area contributed by atoms with Crippen LogP contribution in [-0.2, 0) is 16.6 Å². The minimum atomic E-state index is -1.22. The Labute approximate surface area is 203 Å². The summed E-state index contributed by atoms with van der Waals surface area (Å²) in [5.74, 6) is -1.90. The van der Waals surface area contributed by atoms with E-state index in [0.717, 1.165) is 26.9 Å². The summed E-state index contributed by atoms with van der Waals surface area (Å²) in [5, 5.41) is 18.5. The molecule has 3 N–H and O–H groups in total. The monoisotopic (exact) mass is 476 g/mol. The number of benzene rings is 2. The molecule has 1 unspecified atom stereocenters. The molecule has 0 bridgehead atoms. The van der Waals surface area contributed by atoms with Crippen molar-refractivity contribution in [3.8, 4) is 11.1 Å². The molecule has 2 aromatic carbocycles. The number of nitrogens with one attached hydrogen (secondary N) is 2. The highest BCUT2D eigenvalue weighted by Crippen LogP contribution is 2.44. The zero-order valence-corrected chi connectivity index (χ0v) is 20.0. The first-order chi connectivity index (χ1) is 16.6. The van der Waals surface area contributed by atoms with Crippen LogP contribution in [0.3, 0.4) is 0 Å². The van der Waals surface area contributed by atoms with Crippen molar-refractivity contribution in [2.75, 3.05) is 11.9 Å². The van der Waals surface area contributed by atoms with Crippen molar-refractivity contribution in [2.24, 2.45) is 12.5 Å². The summed E-state index contributed by atoms with van der Waals surface area (Å²) < 4.78 is 6.75. The van der Waals surface area contributed by atoms with Crippen molar-refractivity contribution in [1.82, 2.24) is 15.1 Å². The van der Waals surface area contributed by atoms with Crippen LogP contribution in [0.5, 0.6) is 0 Å². The molecule has 0 spiro atoms. The Hall–Kier alpha value is -4.14. The maximum atomic E-state index is 13.1. The second kappa shape index (κ2) is 9.25. The molecule has 35 heavy (non-hydrogen) atoms. The van der Waals surface area contributed by atoms with Gasteiger partial charge in [-0.25, -0.2) is 9.59 Å². The lowest BCUT2D eigenvalue weighted by Gasteiger charge is -2.30. The second-order valence-electron chi connectivity index (χ2n) is 9.59. The lowest BCUT2D eigenvalue weighted by molar-refractivity contribution is -0.120. The van der Waals surface area contributed by atoms with Crippen LogP contribution in [0.25, 0.3) is 11.1 Å². The molecule has 1 aromatic heterocycles. The van der Waals surface area contributed by atoms with Gasteiger partial charge in [0.05, 0.1) is 11.9 Å². The highest BCUT2D eigenvalue weighted by molar-refractivity contribution is 6.02. The van der Waals surface area contributed by atoms with Gasteiger partial charge in [0.15, 0.2) is 5.69 Å². The van der Waals surface area contributed by atoms with Gasteiger partial charge in [-0.05, 0) is 27.7 Å². The van der Waals surface area contributed by atoms with E-state index in [1.165, 1.54) is 13.2 Å². The standard InChI is InChI=1S/C26H28N4O5/c1-26(2,3)22(23(31)28-20-13-27-30(4)21(20)24(32)33)29-25(34)35-14-19-17-11-7-5-9-15(17)16-10-6-8-12-18(16)19/h5-13,19,22H,14H2,1-4H3,(H,28,31)(H,29,34)(H,32,33). The Morgan fingerprint density at radius 1 is 1.06 bits per heavy atom. The SMILES string of the molecule is Cn1ncc(NC(=O)C(NC(=O)OCC2c3ccccc3-c3ccccc32)C(C)(C)C)c1C(=O)O. The third-order valence-electron chi connectivity index (χ3n) is 6.13. The van der Waals surface area contributed by atoms with Gasteiger partial charge in [0, 0.05) is 13.0 Å². The van der Waals surface area contributed by atoms with E-state index in [9.17, 15) is 19.5 Å². The summed E-state index contributed by atoms with van der Waals surface area (Å²) in [4.78, 5) is 37.4. The molecule has 0 aliphatic heterocycles. The molecule has 3 aromatic rings. The van der Waals surface area contributed by atoms with E-state index in [1.807, 2.05) is 36.4 Å². The molecule has 0 saturated carbocycles. The molecule has 1 aliphatic carbocycles. The molecule has 182 valence electrons. The van der Waals surface area contributed by atoms with Gasteiger partial charge in [0.1, 0.15) is 12.6 Å². The molecule has 0 saturated heterocycles. The van der Waals surface area contributed by atoms with E-state index in [1.54, 1.807) is 20.8 Å². The number of ether oxygens (including phenoxy) is 1. The van der Waals surface area contributed by atoms with Crippen molar-refractivity contribution in [3.05, 3.63) is 71.5 Å². The van der Waals surface area contributed by atoms with Gasteiger partial charge in [0.2, 0.25) is 5.91 Å². The van der Waals surface area contributed by atoms with Gasteiger partial charge in [0.25, 0.3) is 0 Å². The Bertz CT molecular complexity index is 1250. The smallest absolute Gasteiger partial charge is 0.407 e.